The summed E-state index contributed by atoms with van der Waals surface area (Å²) in [5.41, 5.74) is 4.45. The maximum Gasteiger partial charge on any atom is 0.316 e. The van der Waals surface area contributed by atoms with Crippen molar-refractivity contribution in [3.8, 4) is 17.1 Å². The highest BCUT2D eigenvalue weighted by atomic mass is 16.5. The van der Waals surface area contributed by atoms with E-state index in [9.17, 15) is 4.79 Å². The normalized spacial score (nSPS) is 16.3. The molecule has 5 nitrogen and oxygen atoms in total. The number of carbonyl (C=O) groups is 1. The second-order valence-corrected chi connectivity index (χ2v) is 7.69. The van der Waals surface area contributed by atoms with Gasteiger partial charge in [-0.15, -0.1) is 0 Å². The Bertz CT molecular complexity index is 956. The molecule has 0 spiro atoms. The molecule has 2 aromatic carbocycles. The lowest BCUT2D eigenvalue weighted by Crippen LogP contribution is -2.45. The Hall–Kier alpha value is -3.21. The molecule has 1 fully saturated rings. The average Bonchev–Trinajstić information content (AvgIpc) is 2.81. The zero-order valence-electron chi connectivity index (χ0n) is 17.3. The highest BCUT2D eigenvalue weighted by Crippen LogP contribution is 2.21. The second-order valence-electron chi connectivity index (χ2n) is 7.69. The van der Waals surface area contributed by atoms with Crippen molar-refractivity contribution in [2.24, 2.45) is 0 Å². The van der Waals surface area contributed by atoms with Gasteiger partial charge in [0.2, 0.25) is 5.91 Å². The van der Waals surface area contributed by atoms with Crippen LogP contribution in [0.25, 0.3) is 11.1 Å². The summed E-state index contributed by atoms with van der Waals surface area (Å²) in [4.78, 5) is 23.3. The maximum absolute atomic E-state index is 12.8. The van der Waals surface area contributed by atoms with Crippen LogP contribution in [-0.4, -0.2) is 40.0 Å². The van der Waals surface area contributed by atoms with Gasteiger partial charge in [0.25, 0.3) is 0 Å². The van der Waals surface area contributed by atoms with Crippen LogP contribution < -0.4 is 4.74 Å². The summed E-state index contributed by atoms with van der Waals surface area (Å²) < 4.78 is 5.93. The van der Waals surface area contributed by atoms with E-state index in [-0.39, 0.29) is 12.0 Å². The Morgan fingerprint density at radius 2 is 1.70 bits per heavy atom. The molecule has 1 aromatic heterocycles. The second kappa shape index (κ2) is 9.53. The Labute approximate surface area is 177 Å². The van der Waals surface area contributed by atoms with E-state index in [4.69, 9.17) is 4.74 Å². The Morgan fingerprint density at radius 1 is 1.00 bits per heavy atom. The third-order valence-corrected chi connectivity index (χ3v) is 5.51. The van der Waals surface area contributed by atoms with Gasteiger partial charge in [0, 0.05) is 18.9 Å². The first-order valence-corrected chi connectivity index (χ1v) is 10.6. The molecule has 0 aliphatic carbocycles. The van der Waals surface area contributed by atoms with E-state index in [0.717, 1.165) is 42.5 Å². The number of likely N-dealkylation sites (tertiary alicyclic amines) is 1. The first-order chi connectivity index (χ1) is 14.7. The summed E-state index contributed by atoms with van der Waals surface area (Å²) in [7, 11) is 0. The molecule has 1 atom stereocenters. The van der Waals surface area contributed by atoms with Gasteiger partial charge in [-0.1, -0.05) is 61.5 Å². The number of ether oxygens (including phenoxy) is 1. The molecule has 0 bridgehead atoms. The van der Waals surface area contributed by atoms with Gasteiger partial charge in [0.1, 0.15) is 6.10 Å². The van der Waals surface area contributed by atoms with Crippen LogP contribution in [0.15, 0.2) is 67.0 Å². The number of piperidine rings is 1. The van der Waals surface area contributed by atoms with Gasteiger partial charge in [-0.05, 0) is 41.5 Å². The summed E-state index contributed by atoms with van der Waals surface area (Å²) >= 11 is 0. The fraction of sp³-hybridized carbons (Fsp3) is 0.320. The van der Waals surface area contributed by atoms with E-state index in [1.807, 2.05) is 35.2 Å². The van der Waals surface area contributed by atoms with E-state index in [0.29, 0.717) is 19.0 Å². The van der Waals surface area contributed by atoms with Crippen LogP contribution in [0.3, 0.4) is 0 Å². The number of hydrogen-bond donors (Lipinski definition) is 0. The van der Waals surface area contributed by atoms with Crippen molar-refractivity contribution >= 4 is 5.91 Å². The number of rotatable bonds is 6. The number of benzene rings is 2. The summed E-state index contributed by atoms with van der Waals surface area (Å²) in [5, 5.41) is 0. The number of aryl methyl sites for hydroxylation is 1. The summed E-state index contributed by atoms with van der Waals surface area (Å²) in [6.07, 6.45) is 6.68. The smallest absolute Gasteiger partial charge is 0.316 e. The predicted molar refractivity (Wildman–Crippen MR) is 117 cm³/mol. The Kier molecular flexibility index (Phi) is 6.38. The molecule has 1 aliphatic heterocycles. The molecule has 3 aromatic rings. The Balaban J connectivity index is 1.33. The highest BCUT2D eigenvalue weighted by Gasteiger charge is 2.25. The van der Waals surface area contributed by atoms with Gasteiger partial charge >= 0.3 is 6.01 Å². The predicted octanol–water partition coefficient (Wildman–Crippen LogP) is 4.32. The van der Waals surface area contributed by atoms with Gasteiger partial charge in [-0.3, -0.25) is 4.79 Å². The fourth-order valence-electron chi connectivity index (χ4n) is 3.73. The molecular formula is C25H27N3O2. The highest BCUT2D eigenvalue weighted by molar-refractivity contribution is 5.79. The zero-order chi connectivity index (χ0) is 20.8. The quantitative estimate of drug-likeness (QED) is 0.617. The SMILES string of the molecule is CCc1cnc(OC2CCCN(C(=O)Cc3ccc(-c4ccccc4)cc3)C2)nc1. The minimum absolute atomic E-state index is 0.0596. The molecule has 1 amide bonds. The van der Waals surface area contributed by atoms with E-state index in [1.165, 1.54) is 5.56 Å². The molecular weight excluding hydrogens is 374 g/mol. The first-order valence-electron chi connectivity index (χ1n) is 10.6. The van der Waals surface area contributed by atoms with Crippen molar-refractivity contribution < 1.29 is 9.53 Å². The van der Waals surface area contributed by atoms with Crippen LogP contribution in [0.4, 0.5) is 0 Å². The van der Waals surface area contributed by atoms with Crippen LogP contribution in [0.1, 0.15) is 30.9 Å². The molecule has 1 aliphatic rings. The standard InChI is InChI=1S/C25H27N3O2/c1-2-19-16-26-25(27-17-19)30-23-9-6-14-28(18-23)24(29)15-20-10-12-22(13-11-20)21-7-4-3-5-8-21/h3-5,7-8,10-13,16-17,23H,2,6,9,14-15,18H2,1H3. The van der Waals surface area contributed by atoms with Crippen LogP contribution in [0, 0.1) is 0 Å². The molecule has 0 N–H and O–H groups in total. The van der Waals surface area contributed by atoms with Crippen molar-refractivity contribution in [3.63, 3.8) is 0 Å². The topological polar surface area (TPSA) is 55.3 Å². The average molecular weight is 402 g/mol. The van der Waals surface area contributed by atoms with Gasteiger partial charge in [0.15, 0.2) is 0 Å². The molecule has 1 unspecified atom stereocenters. The molecule has 154 valence electrons. The maximum atomic E-state index is 12.8. The third-order valence-electron chi connectivity index (χ3n) is 5.51. The number of carbonyl (C=O) groups excluding carboxylic acids is 1. The van der Waals surface area contributed by atoms with Crippen LogP contribution >= 0.6 is 0 Å². The van der Waals surface area contributed by atoms with Crippen LogP contribution in [0.5, 0.6) is 6.01 Å². The number of aromatic nitrogens is 2. The molecule has 4 rings (SSSR count). The lowest BCUT2D eigenvalue weighted by atomic mass is 10.0. The molecule has 5 heteroatoms. The summed E-state index contributed by atoms with van der Waals surface area (Å²) in [6, 6.07) is 18.9. The van der Waals surface area contributed by atoms with E-state index in [2.05, 4.69) is 41.2 Å². The largest absolute Gasteiger partial charge is 0.458 e. The first kappa shape index (κ1) is 20.1. The fourth-order valence-corrected chi connectivity index (χ4v) is 3.73. The van der Waals surface area contributed by atoms with Crippen molar-refractivity contribution in [1.82, 2.24) is 14.9 Å². The number of amides is 1. The number of hydrogen-bond acceptors (Lipinski definition) is 4. The molecule has 30 heavy (non-hydrogen) atoms. The van der Waals surface area contributed by atoms with Crippen molar-refractivity contribution in [2.45, 2.75) is 38.7 Å². The molecule has 0 saturated carbocycles. The van der Waals surface area contributed by atoms with Crippen LogP contribution in [-0.2, 0) is 17.6 Å². The van der Waals surface area contributed by atoms with Crippen molar-refractivity contribution in [2.75, 3.05) is 13.1 Å². The lowest BCUT2D eigenvalue weighted by molar-refractivity contribution is -0.133. The minimum Gasteiger partial charge on any atom is -0.458 e. The van der Waals surface area contributed by atoms with Gasteiger partial charge < -0.3 is 9.64 Å². The van der Waals surface area contributed by atoms with Crippen LogP contribution in [0.2, 0.25) is 0 Å². The summed E-state index contributed by atoms with van der Waals surface area (Å²) in [5.74, 6) is 0.137. The van der Waals surface area contributed by atoms with E-state index >= 15 is 0 Å². The monoisotopic (exact) mass is 401 g/mol. The van der Waals surface area contributed by atoms with Gasteiger partial charge in [-0.25, -0.2) is 9.97 Å². The number of nitrogens with zero attached hydrogens (tertiary/aromatic N) is 3. The van der Waals surface area contributed by atoms with Crippen molar-refractivity contribution in [3.05, 3.63) is 78.1 Å². The molecule has 1 saturated heterocycles. The van der Waals surface area contributed by atoms with Gasteiger partial charge in [0.05, 0.1) is 13.0 Å². The lowest BCUT2D eigenvalue weighted by Gasteiger charge is -2.32. The van der Waals surface area contributed by atoms with E-state index in [1.54, 1.807) is 12.4 Å². The molecule has 2 heterocycles. The van der Waals surface area contributed by atoms with E-state index < -0.39 is 0 Å². The van der Waals surface area contributed by atoms with Crippen molar-refractivity contribution in [1.29, 1.82) is 0 Å². The molecule has 0 radical (unpaired) electrons. The summed E-state index contributed by atoms with van der Waals surface area (Å²) in [6.45, 7) is 3.43. The minimum atomic E-state index is -0.0596. The Morgan fingerprint density at radius 3 is 2.40 bits per heavy atom. The zero-order valence-corrected chi connectivity index (χ0v) is 17.3. The third kappa shape index (κ3) is 5.03. The van der Waals surface area contributed by atoms with Gasteiger partial charge in [-0.2, -0.15) is 0 Å².